The number of fused-ring (bicyclic) bond motifs is 1. The van der Waals surface area contributed by atoms with E-state index < -0.39 is 0 Å². The first-order valence-corrected chi connectivity index (χ1v) is 11.4. The van der Waals surface area contributed by atoms with Gasteiger partial charge in [-0.15, -0.1) is 11.0 Å². The number of aromatic hydroxyl groups is 1. The van der Waals surface area contributed by atoms with Crippen molar-refractivity contribution in [3.63, 3.8) is 0 Å². The lowest BCUT2D eigenvalue weighted by molar-refractivity contribution is -0.143. The van der Waals surface area contributed by atoms with Crippen LogP contribution in [0, 0.1) is 18.8 Å². The third kappa shape index (κ3) is 5.79. The van der Waals surface area contributed by atoms with E-state index >= 15 is 0 Å². The van der Waals surface area contributed by atoms with Crippen LogP contribution in [0.25, 0.3) is 17.0 Å². The summed E-state index contributed by atoms with van der Waals surface area (Å²) in [7, 11) is 0. The number of benzene rings is 2. The molecule has 0 saturated carbocycles. The molecule has 7 heteroatoms. The number of carbonyl (C=O) groups is 1. The first-order chi connectivity index (χ1) is 17.0. The smallest absolute Gasteiger partial charge is 0.307 e. The van der Waals surface area contributed by atoms with Crippen molar-refractivity contribution in [3.8, 4) is 34.7 Å². The molecule has 0 spiro atoms. The molecular weight excluding hydrogens is 442 g/mol. The van der Waals surface area contributed by atoms with Crippen molar-refractivity contribution in [2.45, 2.75) is 39.7 Å². The van der Waals surface area contributed by atoms with Crippen LogP contribution in [-0.2, 0) is 16.1 Å². The Morgan fingerprint density at radius 3 is 2.66 bits per heavy atom. The Morgan fingerprint density at radius 2 is 1.94 bits per heavy atom. The molecule has 7 nitrogen and oxygen atoms in total. The van der Waals surface area contributed by atoms with Crippen molar-refractivity contribution >= 4 is 11.6 Å². The lowest BCUT2D eigenvalue weighted by Crippen LogP contribution is -2.09. The summed E-state index contributed by atoms with van der Waals surface area (Å²) < 4.78 is 12.8. The van der Waals surface area contributed by atoms with Crippen LogP contribution in [0.2, 0.25) is 0 Å². The molecule has 0 radical (unpaired) electrons. The maximum absolute atomic E-state index is 11.9. The molecule has 0 amide bonds. The van der Waals surface area contributed by atoms with Crippen LogP contribution in [0.15, 0.2) is 60.8 Å². The van der Waals surface area contributed by atoms with E-state index in [4.69, 9.17) is 9.47 Å². The summed E-state index contributed by atoms with van der Waals surface area (Å²) in [5.41, 5.74) is 4.39. The number of esters is 1. The molecule has 2 aromatic carbocycles. The summed E-state index contributed by atoms with van der Waals surface area (Å²) in [5, 5.41) is 14.2. The van der Waals surface area contributed by atoms with Gasteiger partial charge in [0.1, 0.15) is 18.1 Å². The monoisotopic (exact) mass is 469 g/mol. The van der Waals surface area contributed by atoms with Crippen molar-refractivity contribution in [3.05, 3.63) is 77.5 Å². The molecule has 1 atom stereocenters. The van der Waals surface area contributed by atoms with E-state index in [0.29, 0.717) is 24.8 Å². The minimum atomic E-state index is -0.257. The van der Waals surface area contributed by atoms with Crippen LogP contribution in [0.5, 0.6) is 11.5 Å². The molecule has 0 fully saturated rings. The van der Waals surface area contributed by atoms with Crippen LogP contribution in [0.3, 0.4) is 0 Å². The third-order valence-electron chi connectivity index (χ3n) is 5.53. The van der Waals surface area contributed by atoms with Crippen molar-refractivity contribution < 1.29 is 19.4 Å². The topological polar surface area (TPSA) is 86.0 Å². The van der Waals surface area contributed by atoms with Gasteiger partial charge < -0.3 is 14.6 Å². The molecule has 1 N–H and O–H groups in total. The van der Waals surface area contributed by atoms with Crippen LogP contribution < -0.4 is 4.74 Å². The van der Waals surface area contributed by atoms with Crippen molar-refractivity contribution in [2.24, 2.45) is 0 Å². The van der Waals surface area contributed by atoms with E-state index in [1.54, 1.807) is 30.5 Å². The van der Waals surface area contributed by atoms with Crippen LogP contribution in [0.1, 0.15) is 42.9 Å². The zero-order valence-corrected chi connectivity index (χ0v) is 20.0. The van der Waals surface area contributed by atoms with Gasteiger partial charge in [-0.1, -0.05) is 24.1 Å². The highest BCUT2D eigenvalue weighted by atomic mass is 16.5. The van der Waals surface area contributed by atoms with E-state index in [2.05, 4.69) is 21.9 Å². The summed E-state index contributed by atoms with van der Waals surface area (Å²) in [6, 6.07) is 16.6. The Balaban J connectivity index is 1.44. The van der Waals surface area contributed by atoms with Gasteiger partial charge in [-0.25, -0.2) is 9.50 Å². The highest BCUT2D eigenvalue weighted by molar-refractivity contribution is 5.71. The van der Waals surface area contributed by atoms with Gasteiger partial charge >= 0.3 is 5.97 Å². The van der Waals surface area contributed by atoms with Gasteiger partial charge in [0.2, 0.25) is 0 Å². The Kier molecular flexibility index (Phi) is 7.32. The van der Waals surface area contributed by atoms with Crippen LogP contribution in [0.4, 0.5) is 0 Å². The number of rotatable bonds is 8. The largest absolute Gasteiger partial charge is 0.508 e. The predicted molar refractivity (Wildman–Crippen MR) is 133 cm³/mol. The second-order valence-corrected chi connectivity index (χ2v) is 8.09. The molecule has 0 aliphatic heterocycles. The molecule has 35 heavy (non-hydrogen) atoms. The van der Waals surface area contributed by atoms with Crippen molar-refractivity contribution in [2.75, 3.05) is 6.61 Å². The molecule has 0 saturated heterocycles. The molecule has 178 valence electrons. The molecule has 2 aromatic heterocycles. The first kappa shape index (κ1) is 23.8. The number of nitrogens with zero attached hydrogens (tertiary/aromatic N) is 3. The lowest BCUT2D eigenvalue weighted by Gasteiger charge is -2.12. The highest BCUT2D eigenvalue weighted by Crippen LogP contribution is 2.25. The SMILES string of the molecule is CC#CC(CC(=O)OCC)c1ccc(OCc2ccc3nc(-c4ccc(O)cc4C)nn3c2)cc1. The average molecular weight is 470 g/mol. The zero-order valence-electron chi connectivity index (χ0n) is 20.0. The van der Waals surface area contributed by atoms with E-state index in [-0.39, 0.29) is 24.1 Å². The molecule has 0 bridgehead atoms. The van der Waals surface area contributed by atoms with Gasteiger partial charge in [0.05, 0.1) is 18.9 Å². The minimum Gasteiger partial charge on any atom is -0.508 e. The van der Waals surface area contributed by atoms with Gasteiger partial charge in [-0.3, -0.25) is 4.79 Å². The number of hydrogen-bond acceptors (Lipinski definition) is 6. The Bertz CT molecular complexity index is 1400. The third-order valence-corrected chi connectivity index (χ3v) is 5.53. The fraction of sp³-hybridized carbons (Fsp3) is 0.250. The van der Waals surface area contributed by atoms with E-state index in [9.17, 15) is 9.90 Å². The van der Waals surface area contributed by atoms with Crippen molar-refractivity contribution in [1.29, 1.82) is 0 Å². The quantitative estimate of drug-likeness (QED) is 0.287. The summed E-state index contributed by atoms with van der Waals surface area (Å²) in [6.07, 6.45) is 2.11. The Labute approximate surface area is 204 Å². The van der Waals surface area contributed by atoms with Gasteiger partial charge in [0.25, 0.3) is 0 Å². The number of pyridine rings is 1. The fourth-order valence-corrected chi connectivity index (χ4v) is 3.80. The van der Waals surface area contributed by atoms with Gasteiger partial charge in [-0.2, -0.15) is 0 Å². The Morgan fingerprint density at radius 1 is 1.14 bits per heavy atom. The lowest BCUT2D eigenvalue weighted by atomic mass is 9.96. The summed E-state index contributed by atoms with van der Waals surface area (Å²) in [6.45, 7) is 6.19. The summed E-state index contributed by atoms with van der Waals surface area (Å²) >= 11 is 0. The molecule has 0 aliphatic rings. The van der Waals surface area contributed by atoms with E-state index in [0.717, 1.165) is 27.9 Å². The Hall–Kier alpha value is -4.31. The second kappa shape index (κ2) is 10.7. The van der Waals surface area contributed by atoms with Gasteiger partial charge in [0, 0.05) is 17.3 Å². The number of phenolic OH excluding ortho intramolecular Hbond substituents is 1. The molecule has 4 rings (SSSR count). The highest BCUT2D eigenvalue weighted by Gasteiger charge is 2.15. The first-order valence-electron chi connectivity index (χ1n) is 11.4. The maximum atomic E-state index is 11.9. The standard InChI is InChI=1S/C28H27N3O4/c1-4-6-22(16-27(33)34-5-2)21-8-11-24(12-9-21)35-18-20-7-14-26-29-28(30-31(26)17-20)25-13-10-23(32)15-19(25)3/h7-15,17,22,32H,5,16,18H2,1-3H3. The van der Waals surface area contributed by atoms with Gasteiger partial charge in [-0.05, 0) is 68.3 Å². The normalized spacial score (nSPS) is 11.5. The maximum Gasteiger partial charge on any atom is 0.307 e. The molecule has 1 unspecified atom stereocenters. The van der Waals surface area contributed by atoms with E-state index in [1.807, 2.05) is 55.6 Å². The molecular formula is C28H27N3O4. The number of hydrogen-bond donors (Lipinski definition) is 1. The average Bonchev–Trinajstić information content (AvgIpc) is 3.26. The van der Waals surface area contributed by atoms with Crippen LogP contribution >= 0.6 is 0 Å². The molecule has 2 heterocycles. The van der Waals surface area contributed by atoms with Gasteiger partial charge in [0.15, 0.2) is 11.5 Å². The van der Waals surface area contributed by atoms with Crippen LogP contribution in [-0.4, -0.2) is 32.3 Å². The zero-order chi connectivity index (χ0) is 24.8. The number of ether oxygens (including phenoxy) is 2. The number of aryl methyl sites for hydroxylation is 1. The van der Waals surface area contributed by atoms with Crippen molar-refractivity contribution in [1.82, 2.24) is 14.6 Å². The minimum absolute atomic E-state index is 0.214. The number of aromatic nitrogens is 3. The number of carbonyl (C=O) groups excluding carboxylic acids is 1. The summed E-state index contributed by atoms with van der Waals surface area (Å²) in [4.78, 5) is 16.5. The molecule has 4 aromatic rings. The summed E-state index contributed by atoms with van der Waals surface area (Å²) in [5.74, 6) is 7.04. The number of phenols is 1. The fourth-order valence-electron chi connectivity index (χ4n) is 3.80. The molecule has 0 aliphatic carbocycles. The second-order valence-electron chi connectivity index (χ2n) is 8.09. The van der Waals surface area contributed by atoms with E-state index in [1.165, 1.54) is 0 Å². The predicted octanol–water partition coefficient (Wildman–Crippen LogP) is 5.05.